The van der Waals surface area contributed by atoms with Crippen molar-refractivity contribution in [2.24, 2.45) is 0 Å². The lowest BCUT2D eigenvalue weighted by Gasteiger charge is -2.31. The van der Waals surface area contributed by atoms with E-state index in [2.05, 4.69) is 5.32 Å². The molecule has 0 spiro atoms. The molecule has 30 heavy (non-hydrogen) atoms. The Morgan fingerprint density at radius 1 is 1.07 bits per heavy atom. The second kappa shape index (κ2) is 10.8. The third-order valence-electron chi connectivity index (χ3n) is 4.48. The Balaban J connectivity index is 2.02. The molecule has 0 aromatic heterocycles. The number of rotatable bonds is 9. The third-order valence-corrected chi connectivity index (χ3v) is 4.48. The molecular formula is C24H31FN2O3. The lowest BCUT2D eigenvalue weighted by Crippen LogP contribution is -2.52. The van der Waals surface area contributed by atoms with E-state index in [9.17, 15) is 14.0 Å². The first-order chi connectivity index (χ1) is 14.2. The van der Waals surface area contributed by atoms with Crippen LogP contribution in [0.2, 0.25) is 0 Å². The average molecular weight is 415 g/mol. The second-order valence-electron chi connectivity index (χ2n) is 8.33. The Bertz CT molecular complexity index is 817. The fourth-order valence-electron chi connectivity index (χ4n) is 2.92. The van der Waals surface area contributed by atoms with Crippen molar-refractivity contribution in [2.45, 2.75) is 58.7 Å². The van der Waals surface area contributed by atoms with Crippen molar-refractivity contribution < 1.29 is 18.7 Å². The summed E-state index contributed by atoms with van der Waals surface area (Å²) in [5.74, 6) is 0.0466. The van der Waals surface area contributed by atoms with Crippen LogP contribution in [-0.4, -0.2) is 34.9 Å². The van der Waals surface area contributed by atoms with Crippen LogP contribution in [0.1, 0.15) is 46.1 Å². The van der Waals surface area contributed by atoms with Crippen molar-refractivity contribution in [3.05, 3.63) is 66.0 Å². The molecule has 0 saturated carbocycles. The summed E-state index contributed by atoms with van der Waals surface area (Å²) in [6.07, 6.45) is 0.780. The van der Waals surface area contributed by atoms with E-state index in [0.717, 1.165) is 11.3 Å². The van der Waals surface area contributed by atoms with Crippen LogP contribution >= 0.6 is 0 Å². The van der Waals surface area contributed by atoms with Crippen LogP contribution in [0.5, 0.6) is 5.75 Å². The normalized spacial score (nSPS) is 12.2. The van der Waals surface area contributed by atoms with Crippen molar-refractivity contribution in [2.75, 3.05) is 6.61 Å². The van der Waals surface area contributed by atoms with Gasteiger partial charge in [0.2, 0.25) is 11.8 Å². The minimum absolute atomic E-state index is 0.146. The quantitative estimate of drug-likeness (QED) is 0.622. The van der Waals surface area contributed by atoms with Gasteiger partial charge in [-0.2, -0.15) is 0 Å². The van der Waals surface area contributed by atoms with Gasteiger partial charge in [0.1, 0.15) is 17.6 Å². The van der Waals surface area contributed by atoms with Gasteiger partial charge in [-0.15, -0.1) is 0 Å². The van der Waals surface area contributed by atoms with Crippen molar-refractivity contribution in [1.82, 2.24) is 10.2 Å². The zero-order valence-electron chi connectivity index (χ0n) is 18.2. The first-order valence-electron chi connectivity index (χ1n) is 10.2. The summed E-state index contributed by atoms with van der Waals surface area (Å²) in [6.45, 7) is 8.03. The molecule has 0 radical (unpaired) electrons. The van der Waals surface area contributed by atoms with Gasteiger partial charge in [-0.3, -0.25) is 9.59 Å². The van der Waals surface area contributed by atoms with E-state index in [4.69, 9.17) is 4.74 Å². The van der Waals surface area contributed by atoms with Crippen LogP contribution in [0.4, 0.5) is 4.39 Å². The molecule has 6 heteroatoms. The van der Waals surface area contributed by atoms with Gasteiger partial charge in [0.15, 0.2) is 0 Å². The number of hydrogen-bond donors (Lipinski definition) is 1. The number of amides is 2. The highest BCUT2D eigenvalue weighted by Crippen LogP contribution is 2.14. The van der Waals surface area contributed by atoms with E-state index < -0.39 is 11.6 Å². The van der Waals surface area contributed by atoms with Crippen LogP contribution in [0.25, 0.3) is 0 Å². The van der Waals surface area contributed by atoms with E-state index in [1.165, 1.54) is 17.0 Å². The van der Waals surface area contributed by atoms with Crippen LogP contribution in [0, 0.1) is 5.82 Å². The van der Waals surface area contributed by atoms with E-state index in [0.29, 0.717) is 13.0 Å². The fraction of sp³-hybridized carbons (Fsp3) is 0.417. The van der Waals surface area contributed by atoms with E-state index in [1.807, 2.05) is 51.1 Å². The highest BCUT2D eigenvalue weighted by atomic mass is 19.1. The molecule has 2 aromatic carbocycles. The Kier molecular flexibility index (Phi) is 8.39. The van der Waals surface area contributed by atoms with Crippen molar-refractivity contribution in [3.8, 4) is 5.75 Å². The highest BCUT2D eigenvalue weighted by Gasteiger charge is 2.28. The number of para-hydroxylation sites is 1. The molecule has 0 aliphatic rings. The Morgan fingerprint density at radius 3 is 2.30 bits per heavy atom. The zero-order valence-corrected chi connectivity index (χ0v) is 18.2. The number of nitrogens with one attached hydrogen (secondary N) is 1. The SMILES string of the molecule is C[C@@H](C(=O)NC(C)(C)C)N(Cc1ccc(F)cc1)C(=O)CCCOc1ccccc1. The minimum Gasteiger partial charge on any atom is -0.494 e. The Hall–Kier alpha value is -2.89. The smallest absolute Gasteiger partial charge is 0.242 e. The molecule has 0 saturated heterocycles. The lowest BCUT2D eigenvalue weighted by atomic mass is 10.1. The Morgan fingerprint density at radius 2 is 1.70 bits per heavy atom. The predicted octanol–water partition coefficient (Wildman–Crippen LogP) is 4.32. The molecule has 2 rings (SSSR count). The molecule has 0 aliphatic heterocycles. The largest absolute Gasteiger partial charge is 0.494 e. The molecule has 1 atom stereocenters. The van der Waals surface area contributed by atoms with Crippen molar-refractivity contribution >= 4 is 11.8 Å². The summed E-state index contributed by atoms with van der Waals surface area (Å²) >= 11 is 0. The molecule has 2 aromatic rings. The van der Waals surface area contributed by atoms with Gasteiger partial charge in [0, 0.05) is 18.5 Å². The van der Waals surface area contributed by atoms with E-state index >= 15 is 0 Å². The first-order valence-corrected chi connectivity index (χ1v) is 10.2. The maximum Gasteiger partial charge on any atom is 0.242 e. The molecule has 0 fully saturated rings. The van der Waals surface area contributed by atoms with Gasteiger partial charge in [-0.1, -0.05) is 30.3 Å². The minimum atomic E-state index is -0.656. The summed E-state index contributed by atoms with van der Waals surface area (Å²) in [6, 6.07) is 14.7. The Labute approximate surface area is 178 Å². The zero-order chi connectivity index (χ0) is 22.1. The van der Waals surface area contributed by atoms with Gasteiger partial charge >= 0.3 is 0 Å². The number of hydrogen-bond acceptors (Lipinski definition) is 3. The van der Waals surface area contributed by atoms with Crippen LogP contribution in [0.15, 0.2) is 54.6 Å². The second-order valence-corrected chi connectivity index (χ2v) is 8.33. The van der Waals surface area contributed by atoms with Gasteiger partial charge in [0.05, 0.1) is 6.61 Å². The van der Waals surface area contributed by atoms with Gasteiger partial charge < -0.3 is 15.0 Å². The number of carbonyl (C=O) groups excluding carboxylic acids is 2. The molecule has 0 heterocycles. The topological polar surface area (TPSA) is 58.6 Å². The molecular weight excluding hydrogens is 383 g/mol. The average Bonchev–Trinajstić information content (AvgIpc) is 2.69. The maximum absolute atomic E-state index is 13.2. The monoisotopic (exact) mass is 414 g/mol. The number of benzene rings is 2. The molecule has 1 N–H and O–H groups in total. The number of carbonyl (C=O) groups is 2. The fourth-order valence-corrected chi connectivity index (χ4v) is 2.92. The van der Waals surface area contributed by atoms with Crippen molar-refractivity contribution in [3.63, 3.8) is 0 Å². The third kappa shape index (κ3) is 7.85. The first kappa shape index (κ1) is 23.4. The lowest BCUT2D eigenvalue weighted by molar-refractivity contribution is -0.141. The summed E-state index contributed by atoms with van der Waals surface area (Å²) in [4.78, 5) is 27.2. The van der Waals surface area contributed by atoms with Crippen LogP contribution < -0.4 is 10.1 Å². The molecule has 0 unspecified atom stereocenters. The summed E-state index contributed by atoms with van der Waals surface area (Å²) in [5, 5.41) is 2.92. The molecule has 0 bridgehead atoms. The van der Waals surface area contributed by atoms with Gasteiger partial charge in [-0.05, 0) is 63.9 Å². The highest BCUT2D eigenvalue weighted by molar-refractivity contribution is 5.87. The molecule has 162 valence electrons. The summed E-state index contributed by atoms with van der Waals surface area (Å²) in [5.41, 5.74) is 0.361. The molecule has 0 aliphatic carbocycles. The van der Waals surface area contributed by atoms with Gasteiger partial charge in [0.25, 0.3) is 0 Å². The number of ether oxygens (including phenoxy) is 1. The van der Waals surface area contributed by atoms with Crippen molar-refractivity contribution in [1.29, 1.82) is 0 Å². The standard InChI is InChI=1S/C24H31FN2O3/c1-18(23(29)26-24(2,3)4)27(17-19-12-14-20(25)15-13-19)22(28)11-8-16-30-21-9-6-5-7-10-21/h5-7,9-10,12-15,18H,8,11,16-17H2,1-4H3,(H,26,29)/t18-/m0/s1. The van der Waals surface area contributed by atoms with E-state index in [1.54, 1.807) is 19.1 Å². The number of nitrogens with zero attached hydrogens (tertiary/aromatic N) is 1. The van der Waals surface area contributed by atoms with Crippen LogP contribution in [-0.2, 0) is 16.1 Å². The van der Waals surface area contributed by atoms with E-state index in [-0.39, 0.29) is 30.6 Å². The predicted molar refractivity (Wildman–Crippen MR) is 115 cm³/mol. The molecule has 5 nitrogen and oxygen atoms in total. The van der Waals surface area contributed by atoms with Gasteiger partial charge in [-0.25, -0.2) is 4.39 Å². The van der Waals surface area contributed by atoms with Crippen LogP contribution in [0.3, 0.4) is 0 Å². The number of halogens is 1. The summed E-state index contributed by atoms with van der Waals surface area (Å²) < 4.78 is 18.9. The molecule has 2 amide bonds. The summed E-state index contributed by atoms with van der Waals surface area (Å²) in [7, 11) is 0. The maximum atomic E-state index is 13.2.